The zero-order valence-electron chi connectivity index (χ0n) is 22.6. The number of aryl methyl sites for hydroxylation is 2. The number of carbonyl (C=O) groups excluding carboxylic acids is 1. The molecule has 3 aromatic rings. The van der Waals surface area contributed by atoms with E-state index >= 15 is 0 Å². The van der Waals surface area contributed by atoms with Gasteiger partial charge in [0.1, 0.15) is 17.4 Å². The van der Waals surface area contributed by atoms with Gasteiger partial charge in [-0.1, -0.05) is 81.5 Å². The Morgan fingerprint density at radius 3 is 2.27 bits per heavy atom. The van der Waals surface area contributed by atoms with Crippen molar-refractivity contribution >= 4 is 28.2 Å². The Labute approximate surface area is 224 Å². The highest BCUT2D eigenvalue weighted by atomic mass is 32.1. The van der Waals surface area contributed by atoms with E-state index in [-0.39, 0.29) is 23.5 Å². The maximum atomic E-state index is 13.1. The lowest BCUT2D eigenvalue weighted by Gasteiger charge is -2.18. The Morgan fingerprint density at radius 2 is 1.73 bits per heavy atom. The Hall–Kier alpha value is -3.64. The highest BCUT2D eigenvalue weighted by Gasteiger charge is 2.26. The molecule has 37 heavy (non-hydrogen) atoms. The first kappa shape index (κ1) is 29.6. The zero-order chi connectivity index (χ0) is 27.6. The van der Waals surface area contributed by atoms with E-state index < -0.39 is 5.97 Å². The van der Waals surface area contributed by atoms with E-state index in [0.29, 0.717) is 17.0 Å². The second-order valence-corrected chi connectivity index (χ2v) is 11.1. The minimum Gasteiger partial charge on any atom is -0.489 e. The number of hydrogen-bond acceptors (Lipinski definition) is 4. The number of hydrogen-bond donors (Lipinski definition) is 2. The Morgan fingerprint density at radius 1 is 1.08 bits per heavy atom. The fourth-order valence-electron chi connectivity index (χ4n) is 3.61. The van der Waals surface area contributed by atoms with Crippen LogP contribution in [0.15, 0.2) is 73.3 Å². The predicted octanol–water partition coefficient (Wildman–Crippen LogP) is 8.23. The van der Waals surface area contributed by atoms with Crippen LogP contribution in [0.5, 0.6) is 5.75 Å². The number of anilines is 1. The van der Waals surface area contributed by atoms with Gasteiger partial charge in [0.15, 0.2) is 0 Å². The number of thiophene rings is 1. The number of benzene rings is 2. The number of carboxylic acid groups (broad SMARTS) is 1. The summed E-state index contributed by atoms with van der Waals surface area (Å²) in [4.78, 5) is 26.1. The Kier molecular flexibility index (Phi) is 10.9. The molecular formula is C31H37NO4S. The van der Waals surface area contributed by atoms with Crippen molar-refractivity contribution in [1.82, 2.24) is 0 Å². The van der Waals surface area contributed by atoms with Crippen LogP contribution in [0, 0.1) is 19.3 Å². The van der Waals surface area contributed by atoms with Gasteiger partial charge in [0.2, 0.25) is 0 Å². The van der Waals surface area contributed by atoms with Gasteiger partial charge in [-0.05, 0) is 56.4 Å². The number of allylic oxidation sites excluding steroid dienone is 3. The fraction of sp³-hybridized carbons (Fsp3) is 0.290. The van der Waals surface area contributed by atoms with Crippen molar-refractivity contribution in [3.05, 3.63) is 106 Å². The molecule has 1 aromatic heterocycles. The maximum Gasteiger partial charge on any atom is 0.339 e. The molecule has 0 saturated carbocycles. The van der Waals surface area contributed by atoms with Crippen molar-refractivity contribution in [2.75, 3.05) is 5.32 Å². The molecule has 0 spiro atoms. The van der Waals surface area contributed by atoms with Crippen LogP contribution in [0.1, 0.15) is 70.0 Å². The van der Waals surface area contributed by atoms with Crippen molar-refractivity contribution < 1.29 is 19.4 Å². The number of carboxylic acids is 1. The molecule has 6 heteroatoms. The maximum absolute atomic E-state index is 13.1. The molecule has 0 aliphatic rings. The van der Waals surface area contributed by atoms with Crippen LogP contribution in [0.2, 0.25) is 0 Å². The van der Waals surface area contributed by atoms with Gasteiger partial charge in [-0.25, -0.2) is 4.79 Å². The third-order valence-corrected chi connectivity index (χ3v) is 6.43. The topological polar surface area (TPSA) is 75.6 Å². The molecule has 5 nitrogen and oxygen atoms in total. The quantitative estimate of drug-likeness (QED) is 0.294. The van der Waals surface area contributed by atoms with E-state index in [1.54, 1.807) is 18.2 Å². The highest BCUT2D eigenvalue weighted by Crippen LogP contribution is 2.37. The minimum absolute atomic E-state index is 0.0722. The number of ether oxygens (including phenoxy) is 1. The van der Waals surface area contributed by atoms with E-state index in [1.165, 1.54) is 11.3 Å². The summed E-state index contributed by atoms with van der Waals surface area (Å²) < 4.78 is 5.86. The summed E-state index contributed by atoms with van der Waals surface area (Å²) in [5.41, 5.74) is 3.22. The molecule has 0 radical (unpaired) electrons. The molecular weight excluding hydrogens is 482 g/mol. The fourth-order valence-corrected chi connectivity index (χ4v) is 4.67. The van der Waals surface area contributed by atoms with Crippen LogP contribution in [0.25, 0.3) is 0 Å². The lowest BCUT2D eigenvalue weighted by atomic mass is 9.86. The van der Waals surface area contributed by atoms with Crippen LogP contribution < -0.4 is 10.1 Å². The van der Waals surface area contributed by atoms with Gasteiger partial charge in [-0.2, -0.15) is 0 Å². The standard InChI is InChI=1S/C26H29NO4S.C5H8/c1-16-10-12-19(13-11-16)31-15-18-8-6-7-9-20(18)23(28)27-24-22(25(29)30)21(17(2)32-24)14-26(3,4)5;1-3-5-4-2/h6-13H,14-15H2,1-5H3,(H,27,28)(H,29,30);3-5H,1H2,2H3/b;5-4-. The van der Waals surface area contributed by atoms with Gasteiger partial charge in [-0.3, -0.25) is 4.79 Å². The molecule has 3 rings (SSSR count). The van der Waals surface area contributed by atoms with Crippen molar-refractivity contribution in [3.63, 3.8) is 0 Å². The van der Waals surface area contributed by atoms with Crippen LogP contribution in [0.4, 0.5) is 5.00 Å². The van der Waals surface area contributed by atoms with Gasteiger partial charge >= 0.3 is 5.97 Å². The SMILES string of the molecule is C=C/C=C\C.Cc1ccc(OCc2ccccc2C(=O)Nc2sc(C)c(CC(C)(C)C)c2C(=O)O)cc1. The zero-order valence-corrected chi connectivity index (χ0v) is 23.4. The second-order valence-electron chi connectivity index (χ2n) is 9.86. The number of rotatable bonds is 8. The summed E-state index contributed by atoms with van der Waals surface area (Å²) in [6.07, 6.45) is 6.20. The average molecular weight is 520 g/mol. The first-order valence-electron chi connectivity index (χ1n) is 12.1. The highest BCUT2D eigenvalue weighted by molar-refractivity contribution is 7.16. The number of nitrogens with one attached hydrogen (secondary N) is 1. The molecule has 0 unspecified atom stereocenters. The van der Waals surface area contributed by atoms with E-state index in [4.69, 9.17) is 4.74 Å². The summed E-state index contributed by atoms with van der Waals surface area (Å²) in [6.45, 7) is 15.8. The summed E-state index contributed by atoms with van der Waals surface area (Å²) >= 11 is 1.31. The smallest absolute Gasteiger partial charge is 0.339 e. The monoisotopic (exact) mass is 519 g/mol. The van der Waals surface area contributed by atoms with Gasteiger partial charge in [0.05, 0.1) is 5.56 Å². The molecule has 0 bridgehead atoms. The molecule has 196 valence electrons. The van der Waals surface area contributed by atoms with Crippen LogP contribution in [0.3, 0.4) is 0 Å². The first-order chi connectivity index (χ1) is 17.5. The first-order valence-corrected chi connectivity index (χ1v) is 13.0. The largest absolute Gasteiger partial charge is 0.489 e. The van der Waals surface area contributed by atoms with Crippen molar-refractivity contribution in [3.8, 4) is 5.75 Å². The second kappa shape index (κ2) is 13.6. The molecule has 0 atom stereocenters. The summed E-state index contributed by atoms with van der Waals surface area (Å²) in [5, 5.41) is 13.1. The van der Waals surface area contributed by atoms with E-state index in [0.717, 1.165) is 27.3 Å². The molecule has 0 aliphatic carbocycles. The third-order valence-electron chi connectivity index (χ3n) is 5.36. The van der Waals surface area contributed by atoms with Crippen LogP contribution >= 0.6 is 11.3 Å². The molecule has 0 saturated heterocycles. The van der Waals surface area contributed by atoms with Crippen molar-refractivity contribution in [2.24, 2.45) is 5.41 Å². The van der Waals surface area contributed by atoms with Crippen LogP contribution in [-0.4, -0.2) is 17.0 Å². The molecule has 2 N–H and O–H groups in total. The number of carbonyl (C=O) groups is 2. The predicted molar refractivity (Wildman–Crippen MR) is 154 cm³/mol. The van der Waals surface area contributed by atoms with E-state index in [9.17, 15) is 14.7 Å². The van der Waals surface area contributed by atoms with Gasteiger partial charge in [0.25, 0.3) is 5.91 Å². The molecule has 1 amide bonds. The Balaban J connectivity index is 0.000000877. The summed E-state index contributed by atoms with van der Waals surface area (Å²) in [5.74, 6) is -0.654. The minimum atomic E-state index is -1.03. The Bertz CT molecular complexity index is 1250. The molecule has 1 heterocycles. The van der Waals surface area contributed by atoms with Crippen molar-refractivity contribution in [2.45, 2.75) is 54.6 Å². The number of aromatic carboxylic acids is 1. The summed E-state index contributed by atoms with van der Waals surface area (Å²) in [7, 11) is 0. The van der Waals surface area contributed by atoms with Gasteiger partial charge in [0, 0.05) is 16.0 Å². The van der Waals surface area contributed by atoms with Crippen LogP contribution in [-0.2, 0) is 13.0 Å². The molecule has 0 fully saturated rings. The van der Waals surface area contributed by atoms with Crippen molar-refractivity contribution in [1.29, 1.82) is 0 Å². The van der Waals surface area contributed by atoms with E-state index in [2.05, 4.69) is 32.7 Å². The van der Waals surface area contributed by atoms with Gasteiger partial charge in [-0.15, -0.1) is 11.3 Å². The number of amides is 1. The molecule has 0 aliphatic heterocycles. The normalized spacial score (nSPS) is 11.0. The third kappa shape index (κ3) is 9.07. The average Bonchev–Trinajstić information content (AvgIpc) is 3.12. The van der Waals surface area contributed by atoms with Gasteiger partial charge < -0.3 is 15.2 Å². The lowest BCUT2D eigenvalue weighted by molar-refractivity contribution is 0.0697. The van der Waals surface area contributed by atoms with E-state index in [1.807, 2.05) is 69.3 Å². The summed E-state index contributed by atoms with van der Waals surface area (Å²) in [6, 6.07) is 14.9. The lowest BCUT2D eigenvalue weighted by Crippen LogP contribution is -2.17. The molecule has 2 aromatic carbocycles.